The topological polar surface area (TPSA) is 37.8 Å². The Morgan fingerprint density at radius 3 is 2.80 bits per heavy atom. The number of rotatable bonds is 2. The Morgan fingerprint density at radius 1 is 1.20 bits per heavy atom. The summed E-state index contributed by atoms with van der Waals surface area (Å²) >= 11 is 0. The van der Waals surface area contributed by atoms with Gasteiger partial charge in [0.2, 0.25) is 0 Å². The van der Waals surface area contributed by atoms with Gasteiger partial charge >= 0.3 is 0 Å². The molecular formula is C12H19N3. The first-order chi connectivity index (χ1) is 7.42. The SMILES string of the molecule is CNC1CCCCCC1c1cnccn1. The van der Waals surface area contributed by atoms with Crippen molar-refractivity contribution in [3.8, 4) is 0 Å². The van der Waals surface area contributed by atoms with Crippen LogP contribution in [0.25, 0.3) is 0 Å². The maximum atomic E-state index is 4.44. The molecule has 2 rings (SSSR count). The van der Waals surface area contributed by atoms with Crippen LogP contribution in [0.2, 0.25) is 0 Å². The zero-order valence-corrected chi connectivity index (χ0v) is 9.32. The molecule has 0 bridgehead atoms. The largest absolute Gasteiger partial charge is 0.316 e. The number of nitrogens with one attached hydrogen (secondary N) is 1. The highest BCUT2D eigenvalue weighted by Crippen LogP contribution is 2.30. The van der Waals surface area contributed by atoms with E-state index in [4.69, 9.17) is 0 Å². The third-order valence-electron chi connectivity index (χ3n) is 3.35. The average Bonchev–Trinajstić information content (AvgIpc) is 2.55. The van der Waals surface area contributed by atoms with Gasteiger partial charge in [0.1, 0.15) is 0 Å². The molecule has 1 aliphatic carbocycles. The summed E-state index contributed by atoms with van der Waals surface area (Å²) in [7, 11) is 2.05. The van der Waals surface area contributed by atoms with Crippen LogP contribution in [0, 0.1) is 0 Å². The zero-order valence-electron chi connectivity index (χ0n) is 9.32. The van der Waals surface area contributed by atoms with E-state index in [-0.39, 0.29) is 0 Å². The first-order valence-corrected chi connectivity index (χ1v) is 5.85. The molecule has 1 aromatic rings. The fraction of sp³-hybridized carbons (Fsp3) is 0.667. The van der Waals surface area contributed by atoms with E-state index in [1.807, 2.05) is 6.20 Å². The lowest BCUT2D eigenvalue weighted by Crippen LogP contribution is -2.31. The highest BCUT2D eigenvalue weighted by Gasteiger charge is 2.24. The van der Waals surface area contributed by atoms with Crippen molar-refractivity contribution in [1.29, 1.82) is 0 Å². The Hall–Kier alpha value is -0.960. The van der Waals surface area contributed by atoms with Crippen molar-refractivity contribution < 1.29 is 0 Å². The summed E-state index contributed by atoms with van der Waals surface area (Å²) in [5.41, 5.74) is 1.15. The molecule has 0 amide bonds. The average molecular weight is 205 g/mol. The van der Waals surface area contributed by atoms with Crippen molar-refractivity contribution in [1.82, 2.24) is 15.3 Å². The van der Waals surface area contributed by atoms with Crippen LogP contribution in [-0.4, -0.2) is 23.1 Å². The molecular weight excluding hydrogens is 186 g/mol. The zero-order chi connectivity index (χ0) is 10.5. The van der Waals surface area contributed by atoms with E-state index >= 15 is 0 Å². The molecule has 1 N–H and O–H groups in total. The molecule has 1 saturated carbocycles. The molecule has 0 saturated heterocycles. The van der Waals surface area contributed by atoms with E-state index in [9.17, 15) is 0 Å². The van der Waals surface area contributed by atoms with Crippen LogP contribution in [0.4, 0.5) is 0 Å². The van der Waals surface area contributed by atoms with Gasteiger partial charge in [-0.05, 0) is 19.9 Å². The third kappa shape index (κ3) is 2.53. The van der Waals surface area contributed by atoms with Crippen molar-refractivity contribution in [2.45, 2.75) is 44.1 Å². The van der Waals surface area contributed by atoms with Gasteiger partial charge in [-0.2, -0.15) is 0 Å². The molecule has 2 unspecified atom stereocenters. The number of nitrogens with zero attached hydrogens (tertiary/aromatic N) is 2. The normalized spacial score (nSPS) is 27.3. The molecule has 0 spiro atoms. The van der Waals surface area contributed by atoms with Gasteiger partial charge in [-0.25, -0.2) is 0 Å². The van der Waals surface area contributed by atoms with Gasteiger partial charge in [-0.15, -0.1) is 0 Å². The molecule has 15 heavy (non-hydrogen) atoms. The maximum absolute atomic E-state index is 4.44. The lowest BCUT2D eigenvalue weighted by atomic mass is 9.92. The fourth-order valence-corrected chi connectivity index (χ4v) is 2.51. The second-order valence-electron chi connectivity index (χ2n) is 4.27. The van der Waals surface area contributed by atoms with Crippen molar-refractivity contribution >= 4 is 0 Å². The molecule has 82 valence electrons. The lowest BCUT2D eigenvalue weighted by molar-refractivity contribution is 0.431. The van der Waals surface area contributed by atoms with Crippen molar-refractivity contribution in [3.05, 3.63) is 24.3 Å². The molecule has 1 heterocycles. The van der Waals surface area contributed by atoms with Gasteiger partial charge in [0.15, 0.2) is 0 Å². The summed E-state index contributed by atoms with van der Waals surface area (Å²) in [5, 5.41) is 3.42. The molecule has 0 radical (unpaired) electrons. The number of likely N-dealkylation sites (N-methyl/N-ethyl adjacent to an activating group) is 1. The van der Waals surface area contributed by atoms with Crippen molar-refractivity contribution in [3.63, 3.8) is 0 Å². The highest BCUT2D eigenvalue weighted by atomic mass is 14.9. The molecule has 1 aromatic heterocycles. The van der Waals surface area contributed by atoms with Crippen LogP contribution in [0.5, 0.6) is 0 Å². The quantitative estimate of drug-likeness (QED) is 0.751. The first kappa shape index (κ1) is 10.6. The second-order valence-corrected chi connectivity index (χ2v) is 4.27. The summed E-state index contributed by atoms with van der Waals surface area (Å²) in [6.45, 7) is 0. The van der Waals surface area contributed by atoms with Crippen molar-refractivity contribution in [2.75, 3.05) is 7.05 Å². The Kier molecular flexibility index (Phi) is 3.67. The Morgan fingerprint density at radius 2 is 2.07 bits per heavy atom. The van der Waals surface area contributed by atoms with Crippen molar-refractivity contribution in [2.24, 2.45) is 0 Å². The van der Waals surface area contributed by atoms with Gasteiger partial charge in [-0.1, -0.05) is 19.3 Å². The standard InChI is InChI=1S/C12H19N3/c1-13-11-6-4-2-3-5-10(11)12-9-14-7-8-15-12/h7-11,13H,2-6H2,1H3. The summed E-state index contributed by atoms with van der Waals surface area (Å²) in [6, 6.07) is 0.573. The Labute approximate surface area is 91.3 Å². The minimum atomic E-state index is 0.547. The third-order valence-corrected chi connectivity index (χ3v) is 3.35. The van der Waals surface area contributed by atoms with Crippen LogP contribution in [0.15, 0.2) is 18.6 Å². The van der Waals surface area contributed by atoms with Crippen LogP contribution < -0.4 is 5.32 Å². The van der Waals surface area contributed by atoms with Gasteiger partial charge in [0.05, 0.1) is 5.69 Å². The Bertz CT molecular complexity index is 286. The molecule has 3 heteroatoms. The summed E-state index contributed by atoms with van der Waals surface area (Å²) < 4.78 is 0. The first-order valence-electron chi connectivity index (χ1n) is 5.85. The molecule has 1 fully saturated rings. The van der Waals surface area contributed by atoms with Gasteiger partial charge in [0.25, 0.3) is 0 Å². The fourth-order valence-electron chi connectivity index (χ4n) is 2.51. The van der Waals surface area contributed by atoms with E-state index in [0.717, 1.165) is 5.69 Å². The molecule has 0 aromatic carbocycles. The predicted molar refractivity (Wildman–Crippen MR) is 60.7 cm³/mol. The lowest BCUT2D eigenvalue weighted by Gasteiger charge is -2.23. The van der Waals surface area contributed by atoms with Crippen LogP contribution in [0.3, 0.4) is 0 Å². The second kappa shape index (κ2) is 5.21. The number of hydrogen-bond donors (Lipinski definition) is 1. The Balaban J connectivity index is 2.16. The molecule has 1 aliphatic rings. The van der Waals surface area contributed by atoms with Gasteiger partial charge < -0.3 is 5.32 Å². The van der Waals surface area contributed by atoms with Crippen LogP contribution in [0.1, 0.15) is 43.7 Å². The predicted octanol–water partition coefficient (Wildman–Crippen LogP) is 2.11. The summed E-state index contributed by atoms with van der Waals surface area (Å²) in [6.07, 6.45) is 12.0. The molecule has 2 atom stereocenters. The van der Waals surface area contributed by atoms with E-state index in [1.54, 1.807) is 12.4 Å². The minimum absolute atomic E-state index is 0.547. The number of hydrogen-bond acceptors (Lipinski definition) is 3. The van der Waals surface area contributed by atoms with E-state index in [0.29, 0.717) is 12.0 Å². The molecule has 3 nitrogen and oxygen atoms in total. The monoisotopic (exact) mass is 205 g/mol. The van der Waals surface area contributed by atoms with Gasteiger partial charge in [0, 0.05) is 30.6 Å². The molecule has 0 aliphatic heterocycles. The highest BCUT2D eigenvalue weighted by molar-refractivity contribution is 5.07. The van der Waals surface area contributed by atoms with E-state index < -0.39 is 0 Å². The minimum Gasteiger partial charge on any atom is -0.316 e. The smallest absolute Gasteiger partial charge is 0.0633 e. The van der Waals surface area contributed by atoms with E-state index in [2.05, 4.69) is 22.3 Å². The number of aromatic nitrogens is 2. The van der Waals surface area contributed by atoms with E-state index in [1.165, 1.54) is 32.1 Å². The van der Waals surface area contributed by atoms with Crippen LogP contribution >= 0.6 is 0 Å². The van der Waals surface area contributed by atoms with Crippen LogP contribution in [-0.2, 0) is 0 Å². The van der Waals surface area contributed by atoms with Gasteiger partial charge in [-0.3, -0.25) is 9.97 Å². The maximum Gasteiger partial charge on any atom is 0.0633 e. The summed E-state index contributed by atoms with van der Waals surface area (Å²) in [5.74, 6) is 0.547. The summed E-state index contributed by atoms with van der Waals surface area (Å²) in [4.78, 5) is 8.61.